The molecule has 1 aromatic carbocycles. The van der Waals surface area contributed by atoms with Gasteiger partial charge in [0.15, 0.2) is 0 Å². The number of nitriles is 1. The van der Waals surface area contributed by atoms with E-state index in [-0.39, 0.29) is 0 Å². The maximum absolute atomic E-state index is 9.38. The summed E-state index contributed by atoms with van der Waals surface area (Å²) in [4.78, 5) is 2.21. The van der Waals surface area contributed by atoms with Crippen molar-refractivity contribution in [3.8, 4) is 6.07 Å². The van der Waals surface area contributed by atoms with Crippen molar-refractivity contribution < 1.29 is 0 Å². The van der Waals surface area contributed by atoms with E-state index in [2.05, 4.69) is 23.3 Å². The summed E-state index contributed by atoms with van der Waals surface area (Å²) in [5, 5.41) is 12.8. The molecule has 0 bridgehead atoms. The average Bonchev–Trinajstić information content (AvgIpc) is 2.30. The van der Waals surface area contributed by atoms with Gasteiger partial charge in [-0.2, -0.15) is 5.26 Å². The second kappa shape index (κ2) is 4.54. The molecular formula is C13H17N3. The molecule has 1 atom stereocenters. The SMILES string of the molecule is CN1CCCC(C#N)(Nc2ccccc2)C1. The van der Waals surface area contributed by atoms with E-state index in [4.69, 9.17) is 0 Å². The van der Waals surface area contributed by atoms with Crippen LogP contribution in [0.4, 0.5) is 5.69 Å². The predicted octanol–water partition coefficient (Wildman–Crippen LogP) is 2.09. The van der Waals surface area contributed by atoms with Crippen LogP contribution in [0, 0.1) is 11.3 Å². The first-order valence-electron chi connectivity index (χ1n) is 5.67. The third kappa shape index (κ3) is 2.34. The Morgan fingerprint density at radius 3 is 2.75 bits per heavy atom. The van der Waals surface area contributed by atoms with Crippen molar-refractivity contribution in [3.63, 3.8) is 0 Å². The van der Waals surface area contributed by atoms with E-state index in [0.29, 0.717) is 0 Å². The van der Waals surface area contributed by atoms with Crippen molar-refractivity contribution in [1.29, 1.82) is 5.26 Å². The molecule has 0 saturated carbocycles. The first kappa shape index (κ1) is 11.0. The van der Waals surface area contributed by atoms with Crippen LogP contribution in [0.3, 0.4) is 0 Å². The zero-order valence-electron chi connectivity index (χ0n) is 9.61. The van der Waals surface area contributed by atoms with Gasteiger partial charge in [-0.1, -0.05) is 18.2 Å². The van der Waals surface area contributed by atoms with E-state index in [1.807, 2.05) is 30.3 Å². The molecule has 1 fully saturated rings. The highest BCUT2D eigenvalue weighted by Gasteiger charge is 2.34. The van der Waals surface area contributed by atoms with E-state index in [1.54, 1.807) is 0 Å². The molecule has 1 heterocycles. The van der Waals surface area contributed by atoms with Crippen LogP contribution in [0.1, 0.15) is 12.8 Å². The first-order valence-corrected chi connectivity index (χ1v) is 5.67. The zero-order chi connectivity index (χ0) is 11.4. The molecule has 1 N–H and O–H groups in total. The molecule has 0 aliphatic carbocycles. The smallest absolute Gasteiger partial charge is 0.138 e. The quantitative estimate of drug-likeness (QED) is 0.821. The Morgan fingerprint density at radius 2 is 2.12 bits per heavy atom. The lowest BCUT2D eigenvalue weighted by Crippen LogP contribution is -2.50. The Morgan fingerprint density at radius 1 is 1.38 bits per heavy atom. The van der Waals surface area contributed by atoms with Crippen LogP contribution >= 0.6 is 0 Å². The fourth-order valence-corrected chi connectivity index (χ4v) is 2.29. The standard InChI is InChI=1S/C13H17N3/c1-16-9-5-8-13(10-14,11-16)15-12-6-3-2-4-7-12/h2-4,6-7,15H,5,8-9,11H2,1H3. The number of rotatable bonds is 2. The molecule has 0 radical (unpaired) electrons. The van der Waals surface area contributed by atoms with Crippen LogP contribution < -0.4 is 5.32 Å². The minimum Gasteiger partial charge on any atom is -0.366 e. The van der Waals surface area contributed by atoms with Crippen LogP contribution in [0.15, 0.2) is 30.3 Å². The Bertz CT molecular complexity index is 382. The van der Waals surface area contributed by atoms with Gasteiger partial charge in [0, 0.05) is 12.2 Å². The molecule has 1 aliphatic heterocycles. The molecule has 0 spiro atoms. The maximum Gasteiger partial charge on any atom is 0.138 e. The van der Waals surface area contributed by atoms with Gasteiger partial charge in [-0.25, -0.2) is 0 Å². The number of piperidine rings is 1. The van der Waals surface area contributed by atoms with Gasteiger partial charge in [-0.05, 0) is 38.6 Å². The molecule has 2 rings (SSSR count). The third-order valence-corrected chi connectivity index (χ3v) is 3.05. The molecule has 16 heavy (non-hydrogen) atoms. The summed E-state index contributed by atoms with van der Waals surface area (Å²) in [6.45, 7) is 1.87. The van der Waals surface area contributed by atoms with Gasteiger partial charge >= 0.3 is 0 Å². The Hall–Kier alpha value is -1.53. The highest BCUT2D eigenvalue weighted by molar-refractivity contribution is 5.47. The largest absolute Gasteiger partial charge is 0.366 e. The normalized spacial score (nSPS) is 26.0. The molecule has 3 nitrogen and oxygen atoms in total. The summed E-state index contributed by atoms with van der Waals surface area (Å²) in [6.07, 6.45) is 1.99. The lowest BCUT2D eigenvalue weighted by atomic mass is 9.90. The fraction of sp³-hybridized carbons (Fsp3) is 0.462. The van der Waals surface area contributed by atoms with Gasteiger partial charge in [0.1, 0.15) is 5.54 Å². The minimum atomic E-state index is -0.422. The van der Waals surface area contributed by atoms with E-state index in [1.165, 1.54) is 0 Å². The van der Waals surface area contributed by atoms with E-state index >= 15 is 0 Å². The monoisotopic (exact) mass is 215 g/mol. The lowest BCUT2D eigenvalue weighted by molar-refractivity contribution is 0.227. The van der Waals surface area contributed by atoms with Gasteiger partial charge in [0.25, 0.3) is 0 Å². The number of nitrogens with one attached hydrogen (secondary N) is 1. The number of likely N-dealkylation sites (tertiary alicyclic amines) is 1. The first-order chi connectivity index (χ1) is 7.74. The summed E-state index contributed by atoms with van der Waals surface area (Å²) in [6, 6.07) is 12.4. The summed E-state index contributed by atoms with van der Waals surface area (Å²) >= 11 is 0. The Balaban J connectivity index is 2.14. The van der Waals surface area contributed by atoms with Crippen molar-refractivity contribution in [1.82, 2.24) is 4.90 Å². The van der Waals surface area contributed by atoms with Crippen LogP contribution in [0.2, 0.25) is 0 Å². The highest BCUT2D eigenvalue weighted by Crippen LogP contribution is 2.24. The lowest BCUT2D eigenvalue weighted by Gasteiger charge is -2.37. The molecule has 1 saturated heterocycles. The summed E-state index contributed by atoms with van der Waals surface area (Å²) in [5.41, 5.74) is 0.605. The number of hydrogen-bond acceptors (Lipinski definition) is 3. The van der Waals surface area contributed by atoms with Gasteiger partial charge in [0.05, 0.1) is 6.07 Å². The van der Waals surface area contributed by atoms with Crippen LogP contribution in [0.5, 0.6) is 0 Å². The van der Waals surface area contributed by atoms with Crippen LogP contribution in [-0.2, 0) is 0 Å². The minimum absolute atomic E-state index is 0.422. The number of anilines is 1. The Labute approximate surface area is 96.7 Å². The van der Waals surface area contributed by atoms with Crippen LogP contribution in [0.25, 0.3) is 0 Å². The van der Waals surface area contributed by atoms with E-state index < -0.39 is 5.54 Å². The highest BCUT2D eigenvalue weighted by atomic mass is 15.2. The van der Waals surface area contributed by atoms with Crippen LogP contribution in [-0.4, -0.2) is 30.6 Å². The number of likely N-dealkylation sites (N-methyl/N-ethyl adjacent to an activating group) is 1. The third-order valence-electron chi connectivity index (χ3n) is 3.05. The summed E-state index contributed by atoms with van der Waals surface area (Å²) in [7, 11) is 2.07. The molecular weight excluding hydrogens is 198 g/mol. The number of nitrogens with zero attached hydrogens (tertiary/aromatic N) is 2. The Kier molecular flexibility index (Phi) is 3.12. The average molecular weight is 215 g/mol. The zero-order valence-corrected chi connectivity index (χ0v) is 9.61. The second-order valence-electron chi connectivity index (χ2n) is 4.53. The van der Waals surface area contributed by atoms with Gasteiger partial charge in [-0.15, -0.1) is 0 Å². The molecule has 1 aliphatic rings. The van der Waals surface area contributed by atoms with E-state index in [9.17, 15) is 5.26 Å². The van der Waals surface area contributed by atoms with Gasteiger partial charge in [0.2, 0.25) is 0 Å². The van der Waals surface area contributed by atoms with Crippen molar-refractivity contribution in [2.45, 2.75) is 18.4 Å². The molecule has 1 aromatic rings. The van der Waals surface area contributed by atoms with Crippen molar-refractivity contribution in [3.05, 3.63) is 30.3 Å². The molecule has 3 heteroatoms. The molecule has 0 aromatic heterocycles. The van der Waals surface area contributed by atoms with Crippen molar-refractivity contribution >= 4 is 5.69 Å². The van der Waals surface area contributed by atoms with Crippen molar-refractivity contribution in [2.24, 2.45) is 0 Å². The number of hydrogen-bond donors (Lipinski definition) is 1. The maximum atomic E-state index is 9.38. The molecule has 84 valence electrons. The van der Waals surface area contributed by atoms with E-state index in [0.717, 1.165) is 31.6 Å². The number of benzene rings is 1. The van der Waals surface area contributed by atoms with Gasteiger partial charge in [-0.3, -0.25) is 0 Å². The van der Waals surface area contributed by atoms with Gasteiger partial charge < -0.3 is 10.2 Å². The predicted molar refractivity (Wildman–Crippen MR) is 65.1 cm³/mol. The second-order valence-corrected chi connectivity index (χ2v) is 4.53. The molecule has 1 unspecified atom stereocenters. The summed E-state index contributed by atoms with van der Waals surface area (Å²) in [5.74, 6) is 0. The summed E-state index contributed by atoms with van der Waals surface area (Å²) < 4.78 is 0. The number of para-hydroxylation sites is 1. The fourth-order valence-electron chi connectivity index (χ4n) is 2.29. The van der Waals surface area contributed by atoms with Crippen molar-refractivity contribution in [2.75, 3.05) is 25.5 Å². The molecule has 0 amide bonds. The topological polar surface area (TPSA) is 39.1 Å².